The predicted octanol–water partition coefficient (Wildman–Crippen LogP) is 2.66. The number of nitrogens with zero attached hydrogens (tertiary/aromatic N) is 1. The van der Waals surface area contributed by atoms with Crippen molar-refractivity contribution in [3.63, 3.8) is 0 Å². The first-order valence-corrected chi connectivity index (χ1v) is 4.45. The second-order valence-corrected chi connectivity index (χ2v) is 3.12. The van der Waals surface area contributed by atoms with Crippen LogP contribution in [0.4, 0.5) is 0 Å². The molecule has 1 rings (SSSR count). The van der Waals surface area contributed by atoms with E-state index in [0.29, 0.717) is 22.6 Å². The first kappa shape index (κ1) is 10.0. The molecule has 2 nitrogen and oxygen atoms in total. The Hall–Kier alpha value is -1.04. The molecular weight excluding hydrogens is 186 g/mol. The van der Waals surface area contributed by atoms with Gasteiger partial charge in [-0.25, -0.2) is 0 Å². The first-order valence-electron chi connectivity index (χ1n) is 4.07. The molecule has 0 spiro atoms. The second kappa shape index (κ2) is 4.27. The van der Waals surface area contributed by atoms with E-state index < -0.39 is 6.10 Å². The monoisotopic (exact) mass is 195 g/mol. The molecule has 3 heteroatoms. The van der Waals surface area contributed by atoms with Crippen LogP contribution < -0.4 is 0 Å². The molecule has 1 atom stereocenters. The summed E-state index contributed by atoms with van der Waals surface area (Å²) in [4.78, 5) is 0. The number of aliphatic hydroxyl groups is 1. The molecule has 1 unspecified atom stereocenters. The fraction of sp³-hybridized carbons (Fsp3) is 0.300. The molecule has 1 aromatic rings. The minimum atomic E-state index is -0.583. The van der Waals surface area contributed by atoms with Crippen molar-refractivity contribution in [3.05, 3.63) is 34.3 Å². The second-order valence-electron chi connectivity index (χ2n) is 2.74. The van der Waals surface area contributed by atoms with Crippen LogP contribution in [0.1, 0.15) is 30.6 Å². The number of halogens is 1. The lowest BCUT2D eigenvalue weighted by atomic mass is 10.0. The maximum Gasteiger partial charge on any atom is 0.101 e. The number of nitriles is 1. The van der Waals surface area contributed by atoms with Gasteiger partial charge in [-0.05, 0) is 12.5 Å². The summed E-state index contributed by atoms with van der Waals surface area (Å²) in [5.41, 5.74) is 1.04. The number of rotatable bonds is 2. The molecule has 0 aliphatic rings. The maximum atomic E-state index is 9.54. The Balaban J connectivity index is 3.17. The summed E-state index contributed by atoms with van der Waals surface area (Å²) in [6, 6.07) is 7.06. The van der Waals surface area contributed by atoms with E-state index in [1.807, 2.05) is 13.0 Å². The third-order valence-corrected chi connectivity index (χ3v) is 2.32. The van der Waals surface area contributed by atoms with Crippen LogP contribution in [0.3, 0.4) is 0 Å². The van der Waals surface area contributed by atoms with Crippen molar-refractivity contribution in [2.45, 2.75) is 19.4 Å². The quantitative estimate of drug-likeness (QED) is 0.789. The van der Waals surface area contributed by atoms with E-state index in [0.717, 1.165) is 0 Å². The van der Waals surface area contributed by atoms with Gasteiger partial charge in [-0.1, -0.05) is 30.7 Å². The molecule has 0 aliphatic carbocycles. The SMILES string of the molecule is CCC(O)c1cccc(C#N)c1Cl. The van der Waals surface area contributed by atoms with Crippen molar-refractivity contribution in [1.82, 2.24) is 0 Å². The van der Waals surface area contributed by atoms with Gasteiger partial charge in [-0.3, -0.25) is 0 Å². The third-order valence-electron chi connectivity index (χ3n) is 1.89. The fourth-order valence-corrected chi connectivity index (χ4v) is 1.41. The third kappa shape index (κ3) is 2.00. The number of benzene rings is 1. The minimum Gasteiger partial charge on any atom is -0.388 e. The van der Waals surface area contributed by atoms with E-state index in [-0.39, 0.29) is 0 Å². The highest BCUT2D eigenvalue weighted by atomic mass is 35.5. The lowest BCUT2D eigenvalue weighted by molar-refractivity contribution is 0.174. The predicted molar refractivity (Wildman–Crippen MR) is 51.4 cm³/mol. The molecule has 0 amide bonds. The van der Waals surface area contributed by atoms with Crippen molar-refractivity contribution < 1.29 is 5.11 Å². The van der Waals surface area contributed by atoms with Gasteiger partial charge in [0.1, 0.15) is 6.07 Å². The molecule has 0 heterocycles. The fourth-order valence-electron chi connectivity index (χ4n) is 1.11. The van der Waals surface area contributed by atoms with E-state index in [1.165, 1.54) is 0 Å². The number of aliphatic hydroxyl groups excluding tert-OH is 1. The van der Waals surface area contributed by atoms with Crippen molar-refractivity contribution in [1.29, 1.82) is 5.26 Å². The lowest BCUT2D eigenvalue weighted by Crippen LogP contribution is -1.97. The normalized spacial score (nSPS) is 12.2. The Bertz CT molecular complexity index is 343. The average Bonchev–Trinajstić information content (AvgIpc) is 2.17. The zero-order valence-electron chi connectivity index (χ0n) is 7.29. The van der Waals surface area contributed by atoms with Crippen molar-refractivity contribution in [2.75, 3.05) is 0 Å². The molecule has 0 saturated carbocycles. The van der Waals surface area contributed by atoms with Gasteiger partial charge in [0, 0.05) is 5.56 Å². The van der Waals surface area contributed by atoms with E-state index in [2.05, 4.69) is 0 Å². The molecule has 0 aromatic heterocycles. The molecule has 68 valence electrons. The first-order chi connectivity index (χ1) is 6.20. The van der Waals surface area contributed by atoms with Gasteiger partial charge in [-0.15, -0.1) is 0 Å². The highest BCUT2D eigenvalue weighted by molar-refractivity contribution is 6.32. The van der Waals surface area contributed by atoms with E-state index in [1.54, 1.807) is 18.2 Å². The molecule has 0 bridgehead atoms. The Morgan fingerprint density at radius 1 is 1.62 bits per heavy atom. The maximum absolute atomic E-state index is 9.54. The summed E-state index contributed by atoms with van der Waals surface area (Å²) in [5.74, 6) is 0. The smallest absolute Gasteiger partial charge is 0.101 e. The lowest BCUT2D eigenvalue weighted by Gasteiger charge is -2.10. The van der Waals surface area contributed by atoms with Gasteiger partial charge in [0.25, 0.3) is 0 Å². The van der Waals surface area contributed by atoms with E-state index in [4.69, 9.17) is 16.9 Å². The largest absolute Gasteiger partial charge is 0.388 e. The molecule has 13 heavy (non-hydrogen) atoms. The Labute approximate surface area is 82.4 Å². The minimum absolute atomic E-state index is 0.361. The average molecular weight is 196 g/mol. The van der Waals surface area contributed by atoms with E-state index >= 15 is 0 Å². The molecule has 1 aromatic carbocycles. The highest BCUT2D eigenvalue weighted by Gasteiger charge is 2.11. The summed E-state index contributed by atoms with van der Waals surface area (Å²) in [6.07, 6.45) is 0.00927. The van der Waals surface area contributed by atoms with Crippen LogP contribution in [0.5, 0.6) is 0 Å². The Morgan fingerprint density at radius 2 is 2.31 bits per heavy atom. The zero-order valence-corrected chi connectivity index (χ0v) is 8.04. The van der Waals surface area contributed by atoms with Crippen LogP contribution in [0.2, 0.25) is 5.02 Å². The van der Waals surface area contributed by atoms with Crippen molar-refractivity contribution in [3.8, 4) is 6.07 Å². The van der Waals surface area contributed by atoms with Crippen LogP contribution in [-0.4, -0.2) is 5.11 Å². The standard InChI is InChI=1S/C10H10ClNO/c1-2-9(13)8-5-3-4-7(6-12)10(8)11/h3-5,9,13H,2H2,1H3. The van der Waals surface area contributed by atoms with Gasteiger partial charge < -0.3 is 5.11 Å². The van der Waals surface area contributed by atoms with Crippen LogP contribution >= 0.6 is 11.6 Å². The topological polar surface area (TPSA) is 44.0 Å². The van der Waals surface area contributed by atoms with Gasteiger partial charge in [0.05, 0.1) is 16.7 Å². The summed E-state index contributed by atoms with van der Waals surface area (Å²) >= 11 is 5.90. The van der Waals surface area contributed by atoms with Gasteiger partial charge in [0.2, 0.25) is 0 Å². The summed E-state index contributed by atoms with van der Waals surface area (Å²) < 4.78 is 0. The molecule has 0 saturated heterocycles. The van der Waals surface area contributed by atoms with Crippen LogP contribution in [-0.2, 0) is 0 Å². The Morgan fingerprint density at radius 3 is 2.85 bits per heavy atom. The van der Waals surface area contributed by atoms with Crippen LogP contribution in [0, 0.1) is 11.3 Å². The molecule has 0 radical (unpaired) electrons. The molecule has 1 N–H and O–H groups in total. The van der Waals surface area contributed by atoms with E-state index in [9.17, 15) is 5.11 Å². The summed E-state index contributed by atoms with van der Waals surface area (Å²) in [6.45, 7) is 1.86. The zero-order chi connectivity index (χ0) is 9.84. The van der Waals surface area contributed by atoms with Crippen molar-refractivity contribution >= 4 is 11.6 Å². The number of hydrogen-bond acceptors (Lipinski definition) is 2. The van der Waals surface area contributed by atoms with Crippen LogP contribution in [0.25, 0.3) is 0 Å². The highest BCUT2D eigenvalue weighted by Crippen LogP contribution is 2.27. The summed E-state index contributed by atoms with van der Waals surface area (Å²) in [5, 5.41) is 18.6. The van der Waals surface area contributed by atoms with Gasteiger partial charge in [-0.2, -0.15) is 5.26 Å². The molecule has 0 fully saturated rings. The number of hydrogen-bond donors (Lipinski definition) is 1. The molecule has 0 aliphatic heterocycles. The van der Waals surface area contributed by atoms with Gasteiger partial charge >= 0.3 is 0 Å². The van der Waals surface area contributed by atoms with Gasteiger partial charge in [0.15, 0.2) is 0 Å². The van der Waals surface area contributed by atoms with Crippen LogP contribution in [0.15, 0.2) is 18.2 Å². The summed E-state index contributed by atoms with van der Waals surface area (Å²) in [7, 11) is 0. The molecular formula is C10H10ClNO. The Kier molecular flexibility index (Phi) is 3.30. The van der Waals surface area contributed by atoms with Crippen molar-refractivity contribution in [2.24, 2.45) is 0 Å².